The number of carbonyl (C=O) groups excluding carboxylic acids is 2. The molecule has 154 valence electrons. The number of anilines is 1. The Morgan fingerprint density at radius 2 is 1.67 bits per heavy atom. The molecule has 1 atom stereocenters. The molecule has 0 aliphatic heterocycles. The van der Waals surface area contributed by atoms with Gasteiger partial charge in [0, 0.05) is 23.9 Å². The van der Waals surface area contributed by atoms with E-state index in [9.17, 15) is 9.59 Å². The summed E-state index contributed by atoms with van der Waals surface area (Å²) in [6.45, 7) is 1.97. The van der Waals surface area contributed by atoms with Crippen LogP contribution in [0.2, 0.25) is 0 Å². The van der Waals surface area contributed by atoms with Crippen LogP contribution in [0.25, 0.3) is 0 Å². The van der Waals surface area contributed by atoms with E-state index >= 15 is 0 Å². The number of amides is 2. The van der Waals surface area contributed by atoms with Gasteiger partial charge in [-0.2, -0.15) is 0 Å². The Balaban J connectivity index is 1.70. The zero-order valence-electron chi connectivity index (χ0n) is 17.5. The van der Waals surface area contributed by atoms with Crippen molar-refractivity contribution in [3.8, 4) is 5.75 Å². The minimum atomic E-state index is -0.166. The second-order valence-electron chi connectivity index (χ2n) is 7.11. The molecule has 0 aliphatic rings. The Bertz CT molecular complexity index is 1020. The normalized spacial score (nSPS) is 11.4. The van der Waals surface area contributed by atoms with E-state index in [1.54, 1.807) is 31.2 Å². The summed E-state index contributed by atoms with van der Waals surface area (Å²) in [5.41, 5.74) is 3.09. The van der Waals surface area contributed by atoms with Gasteiger partial charge in [-0.25, -0.2) is 0 Å². The predicted molar refractivity (Wildman–Crippen MR) is 119 cm³/mol. The van der Waals surface area contributed by atoms with Crippen molar-refractivity contribution in [2.24, 2.45) is 0 Å². The maximum Gasteiger partial charge on any atom is 0.255 e. The van der Waals surface area contributed by atoms with Crippen molar-refractivity contribution in [2.75, 3.05) is 19.5 Å². The second-order valence-corrected chi connectivity index (χ2v) is 7.11. The zero-order chi connectivity index (χ0) is 21.5. The zero-order valence-corrected chi connectivity index (χ0v) is 17.5. The van der Waals surface area contributed by atoms with Gasteiger partial charge in [0.2, 0.25) is 5.91 Å². The standard InChI is InChI=1S/C25H26N2O3/c1-18(27(2)24(28)17-21-12-7-8-15-23(21)30-3)20-13-9-14-22(16-20)26-25(29)19-10-5-4-6-11-19/h4-16,18H,17H2,1-3H3,(H,26,29). The molecule has 3 rings (SSSR count). The van der Waals surface area contributed by atoms with Crippen molar-refractivity contribution in [1.29, 1.82) is 0 Å². The highest BCUT2D eigenvalue weighted by molar-refractivity contribution is 6.04. The number of rotatable bonds is 7. The molecule has 3 aromatic carbocycles. The first-order valence-electron chi connectivity index (χ1n) is 9.83. The molecule has 0 fully saturated rings. The molecule has 5 nitrogen and oxygen atoms in total. The summed E-state index contributed by atoms with van der Waals surface area (Å²) < 4.78 is 5.35. The van der Waals surface area contributed by atoms with Gasteiger partial charge in [-0.3, -0.25) is 9.59 Å². The van der Waals surface area contributed by atoms with Crippen LogP contribution in [0.15, 0.2) is 78.9 Å². The van der Waals surface area contributed by atoms with E-state index in [4.69, 9.17) is 4.74 Å². The molecule has 1 N–H and O–H groups in total. The highest BCUT2D eigenvalue weighted by atomic mass is 16.5. The highest BCUT2D eigenvalue weighted by Crippen LogP contribution is 2.24. The summed E-state index contributed by atoms with van der Waals surface area (Å²) in [5.74, 6) is 0.532. The lowest BCUT2D eigenvalue weighted by Crippen LogP contribution is -2.31. The molecule has 0 aliphatic carbocycles. The number of para-hydroxylation sites is 1. The quantitative estimate of drug-likeness (QED) is 0.623. The molecule has 0 heterocycles. The summed E-state index contributed by atoms with van der Waals surface area (Å²) in [6, 6.07) is 24.0. The molecule has 0 spiro atoms. The van der Waals surface area contributed by atoms with Gasteiger partial charge in [-0.1, -0.05) is 48.5 Å². The molecule has 3 aromatic rings. The van der Waals surface area contributed by atoms with Gasteiger partial charge in [-0.05, 0) is 42.8 Å². The van der Waals surface area contributed by atoms with Crippen molar-refractivity contribution < 1.29 is 14.3 Å². The summed E-state index contributed by atoms with van der Waals surface area (Å²) >= 11 is 0. The third-order valence-electron chi connectivity index (χ3n) is 5.17. The van der Waals surface area contributed by atoms with Gasteiger partial charge in [0.25, 0.3) is 5.91 Å². The Labute approximate surface area is 177 Å². The number of hydrogen-bond donors (Lipinski definition) is 1. The third-order valence-corrected chi connectivity index (χ3v) is 5.17. The third kappa shape index (κ3) is 5.06. The molecule has 1 unspecified atom stereocenters. The Kier molecular flexibility index (Phi) is 6.86. The maximum absolute atomic E-state index is 12.8. The van der Waals surface area contributed by atoms with Gasteiger partial charge in [0.15, 0.2) is 0 Å². The maximum atomic E-state index is 12.8. The summed E-state index contributed by atoms with van der Waals surface area (Å²) in [4.78, 5) is 27.0. The minimum absolute atomic E-state index is 0.00859. The van der Waals surface area contributed by atoms with E-state index in [1.807, 2.05) is 73.7 Å². The number of benzene rings is 3. The summed E-state index contributed by atoms with van der Waals surface area (Å²) in [6.07, 6.45) is 0.259. The molecular formula is C25H26N2O3. The largest absolute Gasteiger partial charge is 0.496 e. The SMILES string of the molecule is COc1ccccc1CC(=O)N(C)C(C)c1cccc(NC(=O)c2ccccc2)c1. The van der Waals surface area contributed by atoms with Crippen LogP contribution in [0, 0.1) is 0 Å². The number of ether oxygens (including phenoxy) is 1. The van der Waals surface area contributed by atoms with Crippen LogP contribution in [0.1, 0.15) is 34.5 Å². The smallest absolute Gasteiger partial charge is 0.255 e. The predicted octanol–water partition coefficient (Wildman–Crippen LogP) is 4.71. The summed E-state index contributed by atoms with van der Waals surface area (Å²) in [5, 5.41) is 2.92. The van der Waals surface area contributed by atoms with E-state index in [2.05, 4.69) is 5.32 Å². The Morgan fingerprint density at radius 1 is 0.967 bits per heavy atom. The number of carbonyl (C=O) groups is 2. The van der Waals surface area contributed by atoms with Crippen molar-refractivity contribution >= 4 is 17.5 Å². The van der Waals surface area contributed by atoms with Crippen LogP contribution in [-0.4, -0.2) is 30.9 Å². The fraction of sp³-hybridized carbons (Fsp3) is 0.200. The fourth-order valence-corrected chi connectivity index (χ4v) is 3.25. The van der Waals surface area contributed by atoms with Crippen molar-refractivity contribution in [3.05, 3.63) is 95.6 Å². The van der Waals surface area contributed by atoms with Crippen LogP contribution >= 0.6 is 0 Å². The van der Waals surface area contributed by atoms with Crippen molar-refractivity contribution in [2.45, 2.75) is 19.4 Å². The first-order valence-corrected chi connectivity index (χ1v) is 9.83. The van der Waals surface area contributed by atoms with Crippen molar-refractivity contribution in [1.82, 2.24) is 4.90 Å². The van der Waals surface area contributed by atoms with Crippen LogP contribution in [0.4, 0.5) is 5.69 Å². The van der Waals surface area contributed by atoms with E-state index in [0.29, 0.717) is 17.0 Å². The minimum Gasteiger partial charge on any atom is -0.496 e. The molecule has 0 saturated heterocycles. The van der Waals surface area contributed by atoms with Crippen molar-refractivity contribution in [3.63, 3.8) is 0 Å². The molecule has 2 amide bonds. The number of hydrogen-bond acceptors (Lipinski definition) is 3. The molecule has 0 radical (unpaired) electrons. The highest BCUT2D eigenvalue weighted by Gasteiger charge is 2.19. The van der Waals surface area contributed by atoms with Crippen LogP contribution in [0.3, 0.4) is 0 Å². The Hall–Kier alpha value is -3.60. The number of nitrogens with one attached hydrogen (secondary N) is 1. The van der Waals surface area contributed by atoms with Crippen LogP contribution in [0.5, 0.6) is 5.75 Å². The van der Waals surface area contributed by atoms with Crippen LogP contribution in [-0.2, 0) is 11.2 Å². The molecule has 5 heteroatoms. The summed E-state index contributed by atoms with van der Waals surface area (Å²) in [7, 11) is 3.39. The number of nitrogens with zero attached hydrogens (tertiary/aromatic N) is 1. The topological polar surface area (TPSA) is 58.6 Å². The average molecular weight is 402 g/mol. The lowest BCUT2D eigenvalue weighted by Gasteiger charge is -2.26. The van der Waals surface area contributed by atoms with Gasteiger partial charge in [0.05, 0.1) is 19.6 Å². The molecule has 0 aromatic heterocycles. The molecule has 0 bridgehead atoms. The van der Waals surface area contributed by atoms with Crippen LogP contribution < -0.4 is 10.1 Å². The monoisotopic (exact) mass is 402 g/mol. The van der Waals surface area contributed by atoms with E-state index in [0.717, 1.165) is 11.1 Å². The van der Waals surface area contributed by atoms with E-state index in [-0.39, 0.29) is 24.3 Å². The first kappa shape index (κ1) is 21.1. The Morgan fingerprint density at radius 3 is 2.40 bits per heavy atom. The lowest BCUT2D eigenvalue weighted by molar-refractivity contribution is -0.131. The molecule has 30 heavy (non-hydrogen) atoms. The first-order chi connectivity index (χ1) is 14.5. The van der Waals surface area contributed by atoms with E-state index < -0.39 is 0 Å². The average Bonchev–Trinajstić information content (AvgIpc) is 2.79. The van der Waals surface area contributed by atoms with Gasteiger partial charge >= 0.3 is 0 Å². The van der Waals surface area contributed by atoms with E-state index in [1.165, 1.54) is 0 Å². The van der Waals surface area contributed by atoms with Gasteiger partial charge < -0.3 is 15.0 Å². The van der Waals surface area contributed by atoms with Gasteiger partial charge in [0.1, 0.15) is 5.75 Å². The fourth-order valence-electron chi connectivity index (χ4n) is 3.25. The second kappa shape index (κ2) is 9.74. The lowest BCUT2D eigenvalue weighted by atomic mass is 10.0. The number of methoxy groups -OCH3 is 1. The molecule has 0 saturated carbocycles. The van der Waals surface area contributed by atoms with Gasteiger partial charge in [-0.15, -0.1) is 0 Å². The molecular weight excluding hydrogens is 376 g/mol. The number of likely N-dealkylation sites (N-methyl/N-ethyl adjacent to an activating group) is 1.